The van der Waals surface area contributed by atoms with Crippen LogP contribution in [0.15, 0.2) is 24.3 Å². The quantitative estimate of drug-likeness (QED) is 0.760. The van der Waals surface area contributed by atoms with Crippen LogP contribution in [0.1, 0.15) is 13.3 Å². The van der Waals surface area contributed by atoms with E-state index in [2.05, 4.69) is 5.32 Å². The summed E-state index contributed by atoms with van der Waals surface area (Å²) in [4.78, 5) is 36.7. The lowest BCUT2D eigenvalue weighted by molar-refractivity contribution is -0.153. The van der Waals surface area contributed by atoms with Crippen LogP contribution < -0.4 is 10.1 Å². The predicted molar refractivity (Wildman–Crippen MR) is 87.5 cm³/mol. The summed E-state index contributed by atoms with van der Waals surface area (Å²) >= 11 is 0. The second kappa shape index (κ2) is 7.81. The fourth-order valence-electron chi connectivity index (χ4n) is 2.21. The number of anilines is 1. The minimum atomic E-state index is -0.419. The van der Waals surface area contributed by atoms with Crippen LogP contribution in [0.4, 0.5) is 5.69 Å². The fourth-order valence-corrected chi connectivity index (χ4v) is 2.21. The molecule has 0 saturated heterocycles. The van der Waals surface area contributed by atoms with E-state index in [-0.39, 0.29) is 30.9 Å². The number of hydrogen-bond donors (Lipinski definition) is 1. The Balaban J connectivity index is 1.75. The van der Waals surface area contributed by atoms with Crippen LogP contribution in [0.3, 0.4) is 0 Å². The Morgan fingerprint density at radius 2 is 2.04 bits per heavy atom. The molecule has 0 aromatic heterocycles. The number of likely N-dealkylation sites (N-methyl/N-ethyl adjacent to an activating group) is 1. The van der Waals surface area contributed by atoms with Crippen LogP contribution in [0.2, 0.25) is 0 Å². The number of nitrogens with one attached hydrogen (secondary N) is 1. The van der Waals surface area contributed by atoms with Crippen LogP contribution in [0.5, 0.6) is 5.75 Å². The van der Waals surface area contributed by atoms with Crippen molar-refractivity contribution in [1.82, 2.24) is 4.90 Å². The van der Waals surface area contributed by atoms with E-state index in [0.717, 1.165) is 6.42 Å². The number of rotatable bonds is 7. The highest BCUT2D eigenvalue weighted by atomic mass is 16.5. The van der Waals surface area contributed by atoms with Gasteiger partial charge in [-0.3, -0.25) is 14.4 Å². The van der Waals surface area contributed by atoms with E-state index < -0.39 is 5.91 Å². The molecule has 1 aromatic carbocycles. The minimum absolute atomic E-state index is 0.0838. The summed E-state index contributed by atoms with van der Waals surface area (Å²) in [6.07, 6.45) is 0.811. The van der Waals surface area contributed by atoms with Gasteiger partial charge in [0.15, 0.2) is 6.61 Å². The third-order valence-electron chi connectivity index (χ3n) is 3.91. The second-order valence-corrected chi connectivity index (χ2v) is 5.96. The Labute approximate surface area is 140 Å². The average Bonchev–Trinajstić information content (AvgIpc) is 3.29. The molecule has 1 aliphatic carbocycles. The third kappa shape index (κ3) is 4.97. The zero-order chi connectivity index (χ0) is 17.7. The highest BCUT2D eigenvalue weighted by molar-refractivity contribution is 5.95. The summed E-state index contributed by atoms with van der Waals surface area (Å²) in [5, 5.41) is 2.68. The number of amides is 2. The third-order valence-corrected chi connectivity index (χ3v) is 3.91. The van der Waals surface area contributed by atoms with E-state index in [1.807, 2.05) is 6.92 Å². The molecule has 1 aliphatic rings. The van der Waals surface area contributed by atoms with Crippen molar-refractivity contribution in [1.29, 1.82) is 0 Å². The predicted octanol–water partition coefficient (Wildman–Crippen LogP) is 1.29. The summed E-state index contributed by atoms with van der Waals surface area (Å²) in [7, 11) is 3.03. The highest BCUT2D eigenvalue weighted by Gasteiger charge is 2.40. The van der Waals surface area contributed by atoms with Gasteiger partial charge in [0.1, 0.15) is 5.75 Å². The molecule has 0 bridgehead atoms. The number of benzene rings is 1. The van der Waals surface area contributed by atoms with Gasteiger partial charge in [0, 0.05) is 18.8 Å². The molecule has 0 spiro atoms. The SMILES string of the molecule is COc1cccc(NC(=O)CN(C)C(=O)COC(=O)[C@@H]2C[C@H]2C)c1. The molecule has 1 saturated carbocycles. The Bertz CT molecular complexity index is 631. The largest absolute Gasteiger partial charge is 0.497 e. The normalized spacial score (nSPS) is 18.5. The molecule has 2 atom stereocenters. The van der Waals surface area contributed by atoms with Gasteiger partial charge in [-0.15, -0.1) is 0 Å². The zero-order valence-electron chi connectivity index (χ0n) is 14.1. The van der Waals surface area contributed by atoms with Crippen molar-refractivity contribution in [3.05, 3.63) is 24.3 Å². The van der Waals surface area contributed by atoms with Gasteiger partial charge in [-0.25, -0.2) is 0 Å². The van der Waals surface area contributed by atoms with Crippen molar-refractivity contribution < 1.29 is 23.9 Å². The van der Waals surface area contributed by atoms with Gasteiger partial charge in [-0.05, 0) is 24.5 Å². The van der Waals surface area contributed by atoms with Crippen LogP contribution in [-0.4, -0.2) is 50.0 Å². The van der Waals surface area contributed by atoms with Gasteiger partial charge in [-0.2, -0.15) is 0 Å². The summed E-state index contributed by atoms with van der Waals surface area (Å²) < 4.78 is 10.0. The summed E-state index contributed by atoms with van der Waals surface area (Å²) in [5.41, 5.74) is 0.578. The van der Waals surface area contributed by atoms with E-state index in [4.69, 9.17) is 9.47 Å². The molecular formula is C17H22N2O5. The maximum Gasteiger partial charge on any atom is 0.309 e. The number of methoxy groups -OCH3 is 1. The Morgan fingerprint density at radius 1 is 1.33 bits per heavy atom. The molecule has 2 rings (SSSR count). The summed E-state index contributed by atoms with van der Waals surface area (Å²) in [6, 6.07) is 6.92. The number of nitrogens with zero attached hydrogens (tertiary/aromatic N) is 1. The van der Waals surface area contributed by atoms with Gasteiger partial charge in [0.05, 0.1) is 19.6 Å². The lowest BCUT2D eigenvalue weighted by Crippen LogP contribution is -2.37. The molecule has 130 valence electrons. The first-order valence-corrected chi connectivity index (χ1v) is 7.75. The van der Waals surface area contributed by atoms with Crippen LogP contribution in [-0.2, 0) is 19.1 Å². The number of esters is 1. The monoisotopic (exact) mass is 334 g/mol. The lowest BCUT2D eigenvalue weighted by atomic mass is 10.3. The van der Waals surface area contributed by atoms with E-state index in [9.17, 15) is 14.4 Å². The lowest BCUT2D eigenvalue weighted by Gasteiger charge is -2.17. The molecule has 7 nitrogen and oxygen atoms in total. The van der Waals surface area contributed by atoms with Gasteiger partial charge in [0.2, 0.25) is 5.91 Å². The average molecular weight is 334 g/mol. The van der Waals surface area contributed by atoms with Crippen molar-refractivity contribution in [3.8, 4) is 5.75 Å². The van der Waals surface area contributed by atoms with Crippen LogP contribution in [0.25, 0.3) is 0 Å². The molecule has 0 heterocycles. The molecule has 7 heteroatoms. The maximum absolute atomic E-state index is 12.0. The fraction of sp³-hybridized carbons (Fsp3) is 0.471. The highest BCUT2D eigenvalue weighted by Crippen LogP contribution is 2.38. The number of hydrogen-bond acceptors (Lipinski definition) is 5. The first-order valence-electron chi connectivity index (χ1n) is 7.75. The summed E-state index contributed by atoms with van der Waals surface area (Å²) in [6.45, 7) is 1.49. The second-order valence-electron chi connectivity index (χ2n) is 5.96. The van der Waals surface area contributed by atoms with Crippen LogP contribution in [0, 0.1) is 11.8 Å². The van der Waals surface area contributed by atoms with Crippen molar-refractivity contribution in [3.63, 3.8) is 0 Å². The Morgan fingerprint density at radius 3 is 2.67 bits per heavy atom. The smallest absolute Gasteiger partial charge is 0.309 e. The van der Waals surface area contributed by atoms with Crippen molar-refractivity contribution in [2.24, 2.45) is 11.8 Å². The first kappa shape index (κ1) is 17.8. The number of ether oxygens (including phenoxy) is 2. The van der Waals surface area contributed by atoms with Crippen molar-refractivity contribution in [2.45, 2.75) is 13.3 Å². The molecule has 2 amide bonds. The van der Waals surface area contributed by atoms with Gasteiger partial charge in [0.25, 0.3) is 5.91 Å². The van der Waals surface area contributed by atoms with Gasteiger partial charge >= 0.3 is 5.97 Å². The number of carbonyl (C=O) groups is 3. The standard InChI is InChI=1S/C17H22N2O5/c1-11-7-14(11)17(22)24-10-16(21)19(2)9-15(20)18-12-5-4-6-13(8-12)23-3/h4-6,8,11,14H,7,9-10H2,1-3H3,(H,18,20)/t11-,14-/m1/s1. The van der Waals surface area contributed by atoms with E-state index in [1.54, 1.807) is 24.3 Å². The molecule has 1 N–H and O–H groups in total. The molecule has 1 fully saturated rings. The molecule has 0 unspecified atom stereocenters. The summed E-state index contributed by atoms with van der Waals surface area (Å²) in [5.74, 6) is -0.236. The maximum atomic E-state index is 12.0. The molecule has 1 aromatic rings. The van der Waals surface area contributed by atoms with Gasteiger partial charge in [-0.1, -0.05) is 13.0 Å². The number of carbonyl (C=O) groups excluding carboxylic acids is 3. The van der Waals surface area contributed by atoms with E-state index >= 15 is 0 Å². The minimum Gasteiger partial charge on any atom is -0.497 e. The zero-order valence-corrected chi connectivity index (χ0v) is 14.1. The first-order chi connectivity index (χ1) is 11.4. The van der Waals surface area contributed by atoms with E-state index in [0.29, 0.717) is 17.4 Å². The van der Waals surface area contributed by atoms with Crippen LogP contribution >= 0.6 is 0 Å². The van der Waals surface area contributed by atoms with Gasteiger partial charge < -0.3 is 19.7 Å². The van der Waals surface area contributed by atoms with E-state index in [1.165, 1.54) is 19.1 Å². The molecular weight excluding hydrogens is 312 g/mol. The molecule has 24 heavy (non-hydrogen) atoms. The van der Waals surface area contributed by atoms with Crippen molar-refractivity contribution >= 4 is 23.5 Å². The van der Waals surface area contributed by atoms with Crippen molar-refractivity contribution in [2.75, 3.05) is 32.6 Å². The topological polar surface area (TPSA) is 84.9 Å². The Kier molecular flexibility index (Phi) is 5.78. The molecule has 0 radical (unpaired) electrons. The molecule has 0 aliphatic heterocycles. The Hall–Kier alpha value is -2.57.